The van der Waals surface area contributed by atoms with Crippen molar-refractivity contribution in [3.63, 3.8) is 0 Å². The summed E-state index contributed by atoms with van der Waals surface area (Å²) in [7, 11) is -5.89. The summed E-state index contributed by atoms with van der Waals surface area (Å²) in [6, 6.07) is 0. The van der Waals surface area contributed by atoms with Gasteiger partial charge in [0.2, 0.25) is 0 Å². The third-order valence-corrected chi connectivity index (χ3v) is 4.99. The molecule has 0 fully saturated rings. The molecule has 0 radical (unpaired) electrons. The highest BCUT2D eigenvalue weighted by atomic mass is 32.2. The second-order valence-corrected chi connectivity index (χ2v) is 6.96. The van der Waals surface area contributed by atoms with Crippen molar-refractivity contribution < 1.29 is 35.7 Å². The number of rotatable bonds is 4. The monoisotopic (exact) mass is 357 g/mol. The van der Waals surface area contributed by atoms with E-state index < -0.39 is 32.9 Å². The molecule has 0 amide bonds. The Bertz CT molecular complexity index is 694. The summed E-state index contributed by atoms with van der Waals surface area (Å²) in [4.78, 5) is 15.1. The number of halogens is 3. The van der Waals surface area contributed by atoms with Gasteiger partial charge in [0.05, 0.1) is 10.6 Å². The maximum Gasteiger partial charge on any atom is 0.534 e. The Hall–Kier alpha value is -1.62. The van der Waals surface area contributed by atoms with E-state index in [9.17, 15) is 26.4 Å². The molecule has 0 bridgehead atoms. The van der Waals surface area contributed by atoms with Crippen LogP contribution in [0.3, 0.4) is 0 Å². The zero-order chi connectivity index (χ0) is 16.5. The van der Waals surface area contributed by atoms with Gasteiger partial charge in [-0.05, 0) is 12.8 Å². The van der Waals surface area contributed by atoms with Crippen molar-refractivity contribution in [3.05, 3.63) is 27.9 Å². The highest BCUT2D eigenvalue weighted by molar-refractivity contribution is 7.87. The number of nitrogens with zero attached hydrogens (tertiary/aromatic N) is 1. The van der Waals surface area contributed by atoms with E-state index in [0.29, 0.717) is 11.4 Å². The standard InChI is InChI=1S/C11H10F3NO5S2/c12-11(13,14)22(18,19)20-8-5-6(9-15-3-4-21-9)1-2-7(8)10(16)17/h3-4,6H,1-2,5H2,(H,16,17)/t6-/m1/s1. The van der Waals surface area contributed by atoms with Crippen LogP contribution in [0.25, 0.3) is 0 Å². The smallest absolute Gasteiger partial charge is 0.478 e. The van der Waals surface area contributed by atoms with Crippen LogP contribution in [0.2, 0.25) is 0 Å². The van der Waals surface area contributed by atoms with Crippen LogP contribution >= 0.6 is 11.3 Å². The molecule has 0 saturated carbocycles. The lowest BCUT2D eigenvalue weighted by Gasteiger charge is -2.24. The second-order valence-electron chi connectivity index (χ2n) is 4.50. The normalized spacial score (nSPS) is 20.0. The summed E-state index contributed by atoms with van der Waals surface area (Å²) >= 11 is 1.26. The Morgan fingerprint density at radius 3 is 2.64 bits per heavy atom. The van der Waals surface area contributed by atoms with Crippen LogP contribution in [-0.2, 0) is 19.1 Å². The molecule has 11 heteroatoms. The SMILES string of the molecule is O=C(O)C1=C(OS(=O)(=O)C(F)(F)F)C[C@H](c2nccs2)CC1. The van der Waals surface area contributed by atoms with Crippen LogP contribution in [0.15, 0.2) is 22.9 Å². The molecular formula is C11H10F3NO5S2. The van der Waals surface area contributed by atoms with Crippen molar-refractivity contribution in [1.29, 1.82) is 0 Å². The number of carboxylic acids is 1. The van der Waals surface area contributed by atoms with E-state index >= 15 is 0 Å². The molecule has 1 aliphatic carbocycles. The largest absolute Gasteiger partial charge is 0.534 e. The molecule has 122 valence electrons. The van der Waals surface area contributed by atoms with Crippen molar-refractivity contribution in [2.24, 2.45) is 0 Å². The zero-order valence-corrected chi connectivity index (χ0v) is 12.5. The van der Waals surface area contributed by atoms with Crippen molar-refractivity contribution in [1.82, 2.24) is 4.98 Å². The number of carboxylic acid groups (broad SMARTS) is 1. The lowest BCUT2D eigenvalue weighted by Crippen LogP contribution is -2.27. The van der Waals surface area contributed by atoms with Crippen LogP contribution in [0.1, 0.15) is 30.2 Å². The molecule has 1 atom stereocenters. The number of hydrogen-bond donors (Lipinski definition) is 1. The second kappa shape index (κ2) is 5.88. The predicted octanol–water partition coefficient (Wildman–Crippen LogP) is 2.62. The molecule has 22 heavy (non-hydrogen) atoms. The average molecular weight is 357 g/mol. The molecule has 1 N–H and O–H groups in total. The van der Waals surface area contributed by atoms with Crippen LogP contribution in [0, 0.1) is 0 Å². The molecule has 1 heterocycles. The first-order chi connectivity index (χ1) is 10.1. The molecule has 1 aliphatic rings. The van der Waals surface area contributed by atoms with Gasteiger partial charge in [-0.25, -0.2) is 9.78 Å². The van der Waals surface area contributed by atoms with E-state index in [0.717, 1.165) is 0 Å². The van der Waals surface area contributed by atoms with Crippen molar-refractivity contribution in [2.75, 3.05) is 0 Å². The minimum absolute atomic E-state index is 0.0949. The van der Waals surface area contributed by atoms with Crippen LogP contribution < -0.4 is 0 Å². The van der Waals surface area contributed by atoms with Crippen molar-refractivity contribution in [3.8, 4) is 0 Å². The minimum atomic E-state index is -5.89. The fourth-order valence-electron chi connectivity index (χ4n) is 2.04. The summed E-state index contributed by atoms with van der Waals surface area (Å²) in [5.41, 5.74) is -6.07. The van der Waals surface area contributed by atoms with Gasteiger partial charge in [-0.2, -0.15) is 21.6 Å². The maximum absolute atomic E-state index is 12.4. The first-order valence-electron chi connectivity index (χ1n) is 5.97. The van der Waals surface area contributed by atoms with Gasteiger partial charge < -0.3 is 9.29 Å². The van der Waals surface area contributed by atoms with Crippen molar-refractivity contribution in [2.45, 2.75) is 30.7 Å². The van der Waals surface area contributed by atoms with E-state index in [1.54, 1.807) is 5.38 Å². The molecule has 1 aromatic rings. The number of aliphatic carboxylic acids is 1. The number of thiazole rings is 1. The van der Waals surface area contributed by atoms with Gasteiger partial charge in [-0.15, -0.1) is 11.3 Å². The van der Waals surface area contributed by atoms with E-state index in [1.165, 1.54) is 17.5 Å². The summed E-state index contributed by atoms with van der Waals surface area (Å²) in [5, 5.41) is 11.3. The van der Waals surface area contributed by atoms with Gasteiger partial charge in [0.25, 0.3) is 0 Å². The Labute approximate surface area is 127 Å². The molecule has 0 spiro atoms. The minimum Gasteiger partial charge on any atom is -0.478 e. The predicted molar refractivity (Wildman–Crippen MR) is 69.4 cm³/mol. The molecular weight excluding hydrogens is 347 g/mol. The number of allylic oxidation sites excluding steroid dienone is 1. The summed E-state index contributed by atoms with van der Waals surface area (Å²) in [5.74, 6) is -2.55. The first kappa shape index (κ1) is 16.7. The quantitative estimate of drug-likeness (QED) is 0.658. The maximum atomic E-state index is 12.4. The average Bonchev–Trinajstić information content (AvgIpc) is 2.90. The third-order valence-electron chi connectivity index (χ3n) is 3.06. The van der Waals surface area contributed by atoms with Gasteiger partial charge >= 0.3 is 21.6 Å². The van der Waals surface area contributed by atoms with Gasteiger partial charge in [0, 0.05) is 23.9 Å². The Morgan fingerprint density at radius 2 is 2.14 bits per heavy atom. The zero-order valence-electron chi connectivity index (χ0n) is 10.8. The fraction of sp³-hybridized carbons (Fsp3) is 0.455. The van der Waals surface area contributed by atoms with Gasteiger partial charge in [0.1, 0.15) is 5.76 Å². The Balaban J connectivity index is 2.32. The highest BCUT2D eigenvalue weighted by Crippen LogP contribution is 2.39. The molecule has 0 aromatic carbocycles. The van der Waals surface area contributed by atoms with E-state index in [1.807, 2.05) is 0 Å². The van der Waals surface area contributed by atoms with Gasteiger partial charge in [0.15, 0.2) is 0 Å². The Morgan fingerprint density at radius 1 is 1.45 bits per heavy atom. The third kappa shape index (κ3) is 3.40. The molecule has 6 nitrogen and oxygen atoms in total. The summed E-state index contributed by atoms with van der Waals surface area (Å²) in [6.07, 6.45) is 1.49. The first-order valence-corrected chi connectivity index (χ1v) is 8.26. The van der Waals surface area contributed by atoms with Gasteiger partial charge in [-0.1, -0.05) is 0 Å². The van der Waals surface area contributed by atoms with Gasteiger partial charge in [-0.3, -0.25) is 0 Å². The molecule has 0 aliphatic heterocycles. The van der Waals surface area contributed by atoms with E-state index in [2.05, 4.69) is 9.17 Å². The molecule has 0 unspecified atom stereocenters. The van der Waals surface area contributed by atoms with E-state index in [4.69, 9.17) is 5.11 Å². The molecule has 1 aromatic heterocycles. The van der Waals surface area contributed by atoms with E-state index in [-0.39, 0.29) is 18.8 Å². The lowest BCUT2D eigenvalue weighted by atomic mass is 9.88. The lowest BCUT2D eigenvalue weighted by molar-refractivity contribution is -0.133. The summed E-state index contributed by atoms with van der Waals surface area (Å²) < 4.78 is 63.4. The molecule has 2 rings (SSSR count). The number of hydrogen-bond acceptors (Lipinski definition) is 6. The number of carbonyl (C=O) groups is 1. The van der Waals surface area contributed by atoms with Crippen LogP contribution in [-0.4, -0.2) is 30.0 Å². The molecule has 0 saturated heterocycles. The fourth-order valence-corrected chi connectivity index (χ4v) is 3.35. The summed E-state index contributed by atoms with van der Waals surface area (Å²) in [6.45, 7) is 0. The number of aromatic nitrogens is 1. The van der Waals surface area contributed by atoms with Crippen molar-refractivity contribution >= 4 is 27.4 Å². The Kier molecular flexibility index (Phi) is 4.47. The topological polar surface area (TPSA) is 93.6 Å². The van der Waals surface area contributed by atoms with Crippen LogP contribution in [0.4, 0.5) is 13.2 Å². The number of alkyl halides is 3. The van der Waals surface area contributed by atoms with Crippen LogP contribution in [0.5, 0.6) is 0 Å². The highest BCUT2D eigenvalue weighted by Gasteiger charge is 2.49.